The van der Waals surface area contributed by atoms with Crippen LogP contribution in [-0.2, 0) is 15.4 Å². The highest BCUT2D eigenvalue weighted by Gasteiger charge is 2.32. The van der Waals surface area contributed by atoms with Crippen molar-refractivity contribution < 1.29 is 17.7 Å². The lowest BCUT2D eigenvalue weighted by atomic mass is 9.97. The van der Waals surface area contributed by atoms with Gasteiger partial charge in [-0.2, -0.15) is 9.29 Å². The molecule has 148 valence electrons. The van der Waals surface area contributed by atoms with Gasteiger partial charge in [-0.25, -0.2) is 8.42 Å². The van der Waals surface area contributed by atoms with Gasteiger partial charge in [0.2, 0.25) is 21.7 Å². The van der Waals surface area contributed by atoms with E-state index in [0.717, 1.165) is 19.3 Å². The first-order valence-electron chi connectivity index (χ1n) is 9.19. The molecule has 0 amide bonds. The van der Waals surface area contributed by atoms with E-state index in [1.54, 1.807) is 22.5 Å². The number of rotatable bonds is 4. The maximum Gasteiger partial charge on any atom is 0.243 e. The van der Waals surface area contributed by atoms with Gasteiger partial charge in [0.1, 0.15) is 5.75 Å². The second kappa shape index (κ2) is 7.24. The molecule has 0 radical (unpaired) electrons. The Morgan fingerprint density at radius 3 is 2.59 bits per heavy atom. The van der Waals surface area contributed by atoms with Crippen molar-refractivity contribution >= 4 is 10.0 Å². The molecular formula is C19H27N3O4S. The second-order valence-electron chi connectivity index (χ2n) is 8.00. The number of benzene rings is 1. The Labute approximate surface area is 160 Å². The van der Waals surface area contributed by atoms with Gasteiger partial charge in [-0.15, -0.1) is 0 Å². The fraction of sp³-hybridized carbons (Fsp3) is 0.579. The maximum absolute atomic E-state index is 13.2. The third kappa shape index (κ3) is 3.87. The molecule has 1 aromatic carbocycles. The molecule has 3 rings (SSSR count). The van der Waals surface area contributed by atoms with E-state index in [9.17, 15) is 8.42 Å². The molecular weight excluding hydrogens is 366 g/mol. The maximum atomic E-state index is 13.2. The number of sulfonamides is 1. The van der Waals surface area contributed by atoms with Crippen LogP contribution in [0.15, 0.2) is 27.6 Å². The smallest absolute Gasteiger partial charge is 0.243 e. The van der Waals surface area contributed by atoms with Crippen LogP contribution in [0.1, 0.15) is 52.8 Å². The topological polar surface area (TPSA) is 85.5 Å². The molecule has 8 heteroatoms. The van der Waals surface area contributed by atoms with Crippen molar-refractivity contribution in [2.45, 2.75) is 63.3 Å². The van der Waals surface area contributed by atoms with Gasteiger partial charge in [0.15, 0.2) is 0 Å². The summed E-state index contributed by atoms with van der Waals surface area (Å²) in [4.78, 5) is 4.66. The summed E-state index contributed by atoms with van der Waals surface area (Å²) < 4.78 is 38.7. The molecule has 0 bridgehead atoms. The van der Waals surface area contributed by atoms with E-state index in [2.05, 4.69) is 10.1 Å². The van der Waals surface area contributed by atoms with Crippen LogP contribution in [0, 0.1) is 0 Å². The summed E-state index contributed by atoms with van der Waals surface area (Å²) in [5.41, 5.74) is 0.202. The van der Waals surface area contributed by atoms with Crippen molar-refractivity contribution in [1.82, 2.24) is 14.4 Å². The quantitative estimate of drug-likeness (QED) is 0.789. The standard InChI is InChI=1S/C19H27N3O4S/c1-13-8-6-7-11-22(13)27(23,24)14-9-10-16(25-5)15(12-14)17-20-18(26-21-17)19(2,3)4/h9-10,12-13H,6-8,11H2,1-5H3/t13-/m1/s1. The summed E-state index contributed by atoms with van der Waals surface area (Å²) in [5.74, 6) is 1.31. The van der Waals surface area contributed by atoms with Crippen molar-refractivity contribution in [3.8, 4) is 17.1 Å². The van der Waals surface area contributed by atoms with Crippen molar-refractivity contribution in [1.29, 1.82) is 0 Å². The Morgan fingerprint density at radius 1 is 1.26 bits per heavy atom. The van der Waals surface area contributed by atoms with Gasteiger partial charge in [-0.05, 0) is 38.0 Å². The van der Waals surface area contributed by atoms with E-state index in [0.29, 0.717) is 29.6 Å². The summed E-state index contributed by atoms with van der Waals surface area (Å²) in [6.45, 7) is 8.41. The third-order valence-corrected chi connectivity index (χ3v) is 6.84. The average molecular weight is 394 g/mol. The number of aromatic nitrogens is 2. The zero-order valence-electron chi connectivity index (χ0n) is 16.5. The summed E-state index contributed by atoms with van der Waals surface area (Å²) in [6.07, 6.45) is 2.81. The molecule has 1 aliphatic heterocycles. The van der Waals surface area contributed by atoms with Crippen LogP contribution in [-0.4, -0.2) is 42.6 Å². The molecule has 27 heavy (non-hydrogen) atoms. The molecule has 1 saturated heterocycles. The number of piperidine rings is 1. The first-order chi connectivity index (χ1) is 12.6. The summed E-state index contributed by atoms with van der Waals surface area (Å²) >= 11 is 0. The van der Waals surface area contributed by atoms with Gasteiger partial charge < -0.3 is 9.26 Å². The first-order valence-corrected chi connectivity index (χ1v) is 10.6. The molecule has 1 aromatic heterocycles. The van der Waals surface area contributed by atoms with Crippen molar-refractivity contribution in [2.75, 3.05) is 13.7 Å². The lowest BCUT2D eigenvalue weighted by molar-refractivity contribution is 0.268. The predicted octanol–water partition coefficient (Wildman–Crippen LogP) is 3.61. The van der Waals surface area contributed by atoms with E-state index in [4.69, 9.17) is 9.26 Å². The van der Waals surface area contributed by atoms with Crippen LogP contribution in [0.3, 0.4) is 0 Å². The van der Waals surface area contributed by atoms with Crippen LogP contribution in [0.4, 0.5) is 0 Å². The van der Waals surface area contributed by atoms with Crippen LogP contribution in [0.25, 0.3) is 11.4 Å². The fourth-order valence-corrected chi connectivity index (χ4v) is 4.95. The lowest BCUT2D eigenvalue weighted by Gasteiger charge is -2.32. The summed E-state index contributed by atoms with van der Waals surface area (Å²) in [6, 6.07) is 4.78. The van der Waals surface area contributed by atoms with Crippen LogP contribution in [0.2, 0.25) is 0 Å². The monoisotopic (exact) mass is 393 g/mol. The molecule has 0 unspecified atom stereocenters. The summed E-state index contributed by atoms with van der Waals surface area (Å²) in [7, 11) is -2.06. The summed E-state index contributed by atoms with van der Waals surface area (Å²) in [5, 5.41) is 4.04. The number of nitrogens with zero attached hydrogens (tertiary/aromatic N) is 3. The van der Waals surface area contributed by atoms with E-state index in [1.165, 1.54) is 7.11 Å². The van der Waals surface area contributed by atoms with E-state index in [-0.39, 0.29) is 16.4 Å². The highest BCUT2D eigenvalue weighted by molar-refractivity contribution is 7.89. The Kier molecular flexibility index (Phi) is 5.31. The van der Waals surface area contributed by atoms with Crippen LogP contribution >= 0.6 is 0 Å². The van der Waals surface area contributed by atoms with E-state index >= 15 is 0 Å². The van der Waals surface area contributed by atoms with Gasteiger partial charge >= 0.3 is 0 Å². The SMILES string of the molecule is COc1ccc(S(=O)(=O)N2CCCC[C@H]2C)cc1-c1noc(C(C)(C)C)n1. The van der Waals surface area contributed by atoms with Gasteiger partial charge in [0, 0.05) is 18.0 Å². The lowest BCUT2D eigenvalue weighted by Crippen LogP contribution is -2.41. The average Bonchev–Trinajstić information content (AvgIpc) is 3.11. The number of ether oxygens (including phenoxy) is 1. The fourth-order valence-electron chi connectivity index (χ4n) is 3.22. The Balaban J connectivity index is 2.05. The zero-order valence-corrected chi connectivity index (χ0v) is 17.3. The minimum absolute atomic E-state index is 0.00744. The molecule has 1 fully saturated rings. The number of hydrogen-bond acceptors (Lipinski definition) is 6. The number of methoxy groups -OCH3 is 1. The third-order valence-electron chi connectivity index (χ3n) is 4.83. The minimum Gasteiger partial charge on any atom is -0.496 e. The molecule has 0 spiro atoms. The van der Waals surface area contributed by atoms with Crippen molar-refractivity contribution in [2.24, 2.45) is 0 Å². The first kappa shape index (κ1) is 19.8. The second-order valence-corrected chi connectivity index (χ2v) is 9.89. The molecule has 0 aliphatic carbocycles. The van der Waals surface area contributed by atoms with Crippen molar-refractivity contribution in [3.63, 3.8) is 0 Å². The molecule has 1 aliphatic rings. The van der Waals surface area contributed by atoms with E-state index in [1.807, 2.05) is 27.7 Å². The predicted molar refractivity (Wildman–Crippen MR) is 102 cm³/mol. The normalized spacial score (nSPS) is 19.2. The van der Waals surface area contributed by atoms with Crippen molar-refractivity contribution in [3.05, 3.63) is 24.1 Å². The molecule has 2 aromatic rings. The molecule has 2 heterocycles. The number of hydrogen-bond donors (Lipinski definition) is 0. The molecule has 7 nitrogen and oxygen atoms in total. The van der Waals surface area contributed by atoms with Crippen LogP contribution < -0.4 is 4.74 Å². The van der Waals surface area contributed by atoms with E-state index < -0.39 is 10.0 Å². The highest BCUT2D eigenvalue weighted by Crippen LogP contribution is 2.34. The minimum atomic E-state index is -3.60. The Morgan fingerprint density at radius 2 is 2.00 bits per heavy atom. The van der Waals surface area contributed by atoms with Gasteiger partial charge in [0.25, 0.3) is 0 Å². The largest absolute Gasteiger partial charge is 0.496 e. The molecule has 1 atom stereocenters. The zero-order chi connectivity index (χ0) is 19.8. The Bertz CT molecular complexity index is 915. The van der Waals surface area contributed by atoms with Gasteiger partial charge in [0.05, 0.1) is 17.6 Å². The van der Waals surface area contributed by atoms with Crippen LogP contribution in [0.5, 0.6) is 5.75 Å². The van der Waals surface area contributed by atoms with Gasteiger partial charge in [-0.1, -0.05) is 32.3 Å². The van der Waals surface area contributed by atoms with Gasteiger partial charge in [-0.3, -0.25) is 0 Å². The molecule has 0 saturated carbocycles. The molecule has 0 N–H and O–H groups in total. The Hall–Kier alpha value is -1.93. The highest BCUT2D eigenvalue weighted by atomic mass is 32.2.